The minimum Gasteiger partial charge on any atom is -0.493 e. The van der Waals surface area contributed by atoms with Gasteiger partial charge in [-0.2, -0.15) is 0 Å². The van der Waals surface area contributed by atoms with Gasteiger partial charge in [0.2, 0.25) is 11.7 Å². The molecule has 1 N–H and O–H groups in total. The summed E-state index contributed by atoms with van der Waals surface area (Å²) in [5, 5.41) is 2.95. The molecule has 0 fully saturated rings. The number of anilines is 1. The second-order valence-electron chi connectivity index (χ2n) is 5.54. The lowest BCUT2D eigenvalue weighted by atomic mass is 10.1. The van der Waals surface area contributed by atoms with Crippen LogP contribution in [0.5, 0.6) is 17.2 Å². The van der Waals surface area contributed by atoms with Crippen LogP contribution in [0.3, 0.4) is 0 Å². The Hall–Kier alpha value is -2.69. The summed E-state index contributed by atoms with van der Waals surface area (Å²) in [7, 11) is 4.65. The van der Waals surface area contributed by atoms with Crippen molar-refractivity contribution >= 4 is 11.6 Å². The molecule has 0 unspecified atom stereocenters. The monoisotopic (exact) mass is 329 g/mol. The summed E-state index contributed by atoms with van der Waals surface area (Å²) in [5.41, 5.74) is 3.67. The van der Waals surface area contributed by atoms with Gasteiger partial charge in [0.05, 0.1) is 27.8 Å². The fourth-order valence-corrected chi connectivity index (χ4v) is 2.54. The molecule has 5 nitrogen and oxygen atoms in total. The van der Waals surface area contributed by atoms with Crippen molar-refractivity contribution in [3.8, 4) is 17.2 Å². The number of ether oxygens (including phenoxy) is 3. The first-order valence-corrected chi connectivity index (χ1v) is 7.65. The maximum absolute atomic E-state index is 12.4. The summed E-state index contributed by atoms with van der Waals surface area (Å²) in [6.07, 6.45) is 0.177. The van der Waals surface area contributed by atoms with Crippen LogP contribution in [0.4, 0.5) is 5.69 Å². The average molecular weight is 329 g/mol. The number of rotatable bonds is 6. The van der Waals surface area contributed by atoms with E-state index in [9.17, 15) is 4.79 Å². The van der Waals surface area contributed by atoms with E-state index in [0.717, 1.165) is 22.4 Å². The molecule has 0 aromatic heterocycles. The topological polar surface area (TPSA) is 56.8 Å². The Morgan fingerprint density at radius 2 is 1.67 bits per heavy atom. The predicted octanol–water partition coefficient (Wildman–Crippen LogP) is 3.51. The Kier molecular flexibility index (Phi) is 5.68. The smallest absolute Gasteiger partial charge is 0.228 e. The Labute approximate surface area is 142 Å². The van der Waals surface area contributed by atoms with Crippen molar-refractivity contribution in [1.82, 2.24) is 0 Å². The van der Waals surface area contributed by atoms with E-state index in [2.05, 4.69) is 5.32 Å². The molecule has 0 aliphatic rings. The highest BCUT2D eigenvalue weighted by Crippen LogP contribution is 2.39. The number of hydrogen-bond acceptors (Lipinski definition) is 4. The van der Waals surface area contributed by atoms with Gasteiger partial charge in [0.15, 0.2) is 11.5 Å². The van der Waals surface area contributed by atoms with Crippen molar-refractivity contribution in [2.24, 2.45) is 0 Å². The zero-order valence-electron chi connectivity index (χ0n) is 14.7. The summed E-state index contributed by atoms with van der Waals surface area (Å²) in [6, 6.07) is 9.54. The molecule has 1 amide bonds. The summed E-state index contributed by atoms with van der Waals surface area (Å²) in [4.78, 5) is 12.4. The minimum atomic E-state index is -0.116. The molecule has 0 saturated carbocycles. The van der Waals surface area contributed by atoms with Crippen LogP contribution in [0, 0.1) is 13.8 Å². The van der Waals surface area contributed by atoms with Crippen LogP contribution in [0.1, 0.15) is 16.7 Å². The molecular weight excluding hydrogens is 306 g/mol. The molecule has 0 bridgehead atoms. The second kappa shape index (κ2) is 7.73. The van der Waals surface area contributed by atoms with Crippen LogP contribution in [-0.2, 0) is 11.2 Å². The largest absolute Gasteiger partial charge is 0.493 e. The molecule has 0 aliphatic carbocycles. The second-order valence-corrected chi connectivity index (χ2v) is 5.54. The normalized spacial score (nSPS) is 10.2. The van der Waals surface area contributed by atoms with Gasteiger partial charge in [0.25, 0.3) is 0 Å². The fraction of sp³-hybridized carbons (Fsp3) is 0.316. The van der Waals surface area contributed by atoms with E-state index in [1.165, 1.54) is 0 Å². The molecule has 0 atom stereocenters. The van der Waals surface area contributed by atoms with E-state index in [0.29, 0.717) is 17.2 Å². The zero-order valence-corrected chi connectivity index (χ0v) is 14.7. The first-order valence-electron chi connectivity index (χ1n) is 7.65. The molecule has 2 rings (SSSR count). The van der Waals surface area contributed by atoms with Gasteiger partial charge >= 0.3 is 0 Å². The summed E-state index contributed by atoms with van der Waals surface area (Å²) >= 11 is 0. The maximum atomic E-state index is 12.4. The lowest BCUT2D eigenvalue weighted by Gasteiger charge is -2.16. The number of hydrogen-bond donors (Lipinski definition) is 1. The van der Waals surface area contributed by atoms with Crippen molar-refractivity contribution in [1.29, 1.82) is 0 Å². The molecule has 0 radical (unpaired) electrons. The highest BCUT2D eigenvalue weighted by molar-refractivity contribution is 5.93. The summed E-state index contributed by atoms with van der Waals surface area (Å²) in [5.74, 6) is 1.44. The van der Waals surface area contributed by atoms with Gasteiger partial charge in [0, 0.05) is 11.3 Å². The van der Waals surface area contributed by atoms with Crippen LogP contribution < -0.4 is 19.5 Å². The number of methoxy groups -OCH3 is 3. The number of amides is 1. The average Bonchev–Trinajstić information content (AvgIpc) is 2.57. The van der Waals surface area contributed by atoms with E-state index in [4.69, 9.17) is 14.2 Å². The third kappa shape index (κ3) is 3.79. The molecule has 2 aromatic rings. The number of benzene rings is 2. The fourth-order valence-electron chi connectivity index (χ4n) is 2.54. The van der Waals surface area contributed by atoms with Gasteiger partial charge in [-0.15, -0.1) is 0 Å². The summed E-state index contributed by atoms with van der Waals surface area (Å²) in [6.45, 7) is 3.96. The van der Waals surface area contributed by atoms with Gasteiger partial charge in [-0.1, -0.05) is 18.2 Å². The first kappa shape index (κ1) is 17.7. The third-order valence-corrected chi connectivity index (χ3v) is 3.80. The van der Waals surface area contributed by atoms with Crippen molar-refractivity contribution in [3.05, 3.63) is 47.0 Å². The van der Waals surface area contributed by atoms with Crippen molar-refractivity contribution < 1.29 is 19.0 Å². The first-order chi connectivity index (χ1) is 11.5. The summed E-state index contributed by atoms with van der Waals surface area (Å²) < 4.78 is 16.0. The number of carbonyl (C=O) groups is 1. The highest BCUT2D eigenvalue weighted by atomic mass is 16.5. The van der Waals surface area contributed by atoms with Crippen LogP contribution in [0.2, 0.25) is 0 Å². The maximum Gasteiger partial charge on any atom is 0.228 e. The molecule has 24 heavy (non-hydrogen) atoms. The Balaban J connectivity index is 2.24. The Morgan fingerprint density at radius 3 is 2.29 bits per heavy atom. The van der Waals surface area contributed by atoms with Crippen LogP contribution in [0.25, 0.3) is 0 Å². The lowest BCUT2D eigenvalue weighted by Crippen LogP contribution is -2.16. The van der Waals surface area contributed by atoms with E-state index in [-0.39, 0.29) is 12.3 Å². The predicted molar refractivity (Wildman–Crippen MR) is 94.3 cm³/mol. The van der Waals surface area contributed by atoms with Crippen LogP contribution >= 0.6 is 0 Å². The highest BCUT2D eigenvalue weighted by Gasteiger charge is 2.18. The quantitative estimate of drug-likeness (QED) is 0.881. The molecule has 0 heterocycles. The van der Waals surface area contributed by atoms with E-state index >= 15 is 0 Å². The van der Waals surface area contributed by atoms with Crippen LogP contribution in [-0.4, -0.2) is 27.2 Å². The van der Waals surface area contributed by atoms with Crippen LogP contribution in [0.15, 0.2) is 30.3 Å². The van der Waals surface area contributed by atoms with E-state index in [1.54, 1.807) is 27.4 Å². The molecule has 0 spiro atoms. The molecule has 5 heteroatoms. The van der Waals surface area contributed by atoms with Gasteiger partial charge in [-0.3, -0.25) is 4.79 Å². The third-order valence-electron chi connectivity index (χ3n) is 3.80. The van der Waals surface area contributed by atoms with E-state index in [1.807, 2.05) is 38.1 Å². The zero-order chi connectivity index (χ0) is 17.7. The van der Waals surface area contributed by atoms with Gasteiger partial charge < -0.3 is 19.5 Å². The van der Waals surface area contributed by atoms with Gasteiger partial charge in [0.1, 0.15) is 0 Å². The number of aryl methyl sites for hydroxylation is 2. The Morgan fingerprint density at radius 1 is 0.958 bits per heavy atom. The van der Waals surface area contributed by atoms with E-state index < -0.39 is 0 Å². The van der Waals surface area contributed by atoms with Crippen molar-refractivity contribution in [2.45, 2.75) is 20.3 Å². The van der Waals surface area contributed by atoms with Gasteiger partial charge in [-0.25, -0.2) is 0 Å². The molecular formula is C19H23NO4. The molecule has 0 aliphatic heterocycles. The number of nitrogens with one attached hydrogen (secondary N) is 1. The SMILES string of the molecule is COc1ccc(CC(=O)Nc2cc(C)ccc2C)c(OC)c1OC. The molecule has 128 valence electrons. The van der Waals surface area contributed by atoms with Crippen molar-refractivity contribution in [2.75, 3.05) is 26.6 Å². The lowest BCUT2D eigenvalue weighted by molar-refractivity contribution is -0.115. The molecule has 0 saturated heterocycles. The molecule has 2 aromatic carbocycles. The number of carbonyl (C=O) groups excluding carboxylic acids is 1. The Bertz CT molecular complexity index is 740. The van der Waals surface area contributed by atoms with Gasteiger partial charge in [-0.05, 0) is 37.1 Å². The minimum absolute atomic E-state index is 0.116. The standard InChI is InChI=1S/C19H23NO4/c1-12-6-7-13(2)15(10-12)20-17(21)11-14-8-9-16(22-3)19(24-5)18(14)23-4/h6-10H,11H2,1-5H3,(H,20,21). The van der Waals surface area contributed by atoms with Crippen molar-refractivity contribution in [3.63, 3.8) is 0 Å².